The molecule has 144 valence electrons. The molecule has 0 bridgehead atoms. The van der Waals surface area contributed by atoms with Crippen molar-refractivity contribution in [1.29, 1.82) is 0 Å². The van der Waals surface area contributed by atoms with Crippen LogP contribution in [0.1, 0.15) is 5.56 Å². The van der Waals surface area contributed by atoms with Gasteiger partial charge in [-0.25, -0.2) is 5.43 Å². The van der Waals surface area contributed by atoms with Gasteiger partial charge in [-0.1, -0.05) is 58.4 Å². The molecule has 29 heavy (non-hydrogen) atoms. The minimum atomic E-state index is -0.325. The number of carbonyl (C=O) groups is 1. The molecule has 2 N–H and O–H groups in total. The average molecular weight is 448 g/mol. The van der Waals surface area contributed by atoms with Crippen LogP contribution in [0.4, 0.5) is 0 Å². The fraction of sp³-hybridized carbons (Fsp3) is 0.0435. The van der Waals surface area contributed by atoms with E-state index in [2.05, 4.69) is 31.4 Å². The molecule has 0 aliphatic heterocycles. The van der Waals surface area contributed by atoms with E-state index >= 15 is 0 Å². The van der Waals surface area contributed by atoms with Crippen LogP contribution < -0.4 is 10.2 Å². The molecule has 0 spiro atoms. The van der Waals surface area contributed by atoms with Gasteiger partial charge in [0.05, 0.1) is 6.21 Å². The van der Waals surface area contributed by atoms with Crippen LogP contribution in [-0.4, -0.2) is 23.7 Å². The molecule has 0 unspecified atom stereocenters. The molecule has 4 rings (SSSR count). The fourth-order valence-corrected chi connectivity index (χ4v) is 3.31. The standard InChI is InChI=1S/C23H18BrN3O2/c24-19-8-11-22-21(12-19)18(13-25-22)14-26-27-23(28)15-29-20-9-6-17(7-10-20)16-4-2-1-3-5-16/h1-14,25H,15H2,(H,27,28)/b26-14+. The van der Waals surface area contributed by atoms with Crippen molar-refractivity contribution in [2.24, 2.45) is 5.10 Å². The molecule has 0 radical (unpaired) electrons. The van der Waals surface area contributed by atoms with Crippen LogP contribution in [0.2, 0.25) is 0 Å². The third kappa shape index (κ3) is 4.73. The molecule has 0 aliphatic carbocycles. The summed E-state index contributed by atoms with van der Waals surface area (Å²) in [5, 5.41) is 5.04. The van der Waals surface area contributed by atoms with E-state index in [4.69, 9.17) is 4.74 Å². The number of aromatic amines is 1. The number of hydrogen-bond donors (Lipinski definition) is 2. The first-order valence-electron chi connectivity index (χ1n) is 9.06. The van der Waals surface area contributed by atoms with E-state index in [-0.39, 0.29) is 12.5 Å². The number of rotatable bonds is 6. The quantitative estimate of drug-likeness (QED) is 0.317. The second-order valence-electron chi connectivity index (χ2n) is 6.41. The first-order chi connectivity index (χ1) is 14.2. The van der Waals surface area contributed by atoms with Crippen molar-refractivity contribution in [1.82, 2.24) is 10.4 Å². The first kappa shape index (κ1) is 19.0. The molecule has 3 aromatic carbocycles. The van der Waals surface area contributed by atoms with E-state index in [0.29, 0.717) is 5.75 Å². The summed E-state index contributed by atoms with van der Waals surface area (Å²) in [6.45, 7) is -0.110. The Morgan fingerprint density at radius 3 is 2.59 bits per heavy atom. The number of fused-ring (bicyclic) bond motifs is 1. The third-order valence-electron chi connectivity index (χ3n) is 4.40. The predicted molar refractivity (Wildman–Crippen MR) is 119 cm³/mol. The molecule has 0 saturated heterocycles. The fourth-order valence-electron chi connectivity index (χ4n) is 2.95. The Labute approximate surface area is 176 Å². The average Bonchev–Trinajstić information content (AvgIpc) is 3.15. The SMILES string of the molecule is O=C(COc1ccc(-c2ccccc2)cc1)N/N=C/c1c[nH]c2ccc(Br)cc12. The van der Waals surface area contributed by atoms with Gasteiger partial charge in [0.25, 0.3) is 5.91 Å². The van der Waals surface area contributed by atoms with Gasteiger partial charge in [-0.3, -0.25) is 4.79 Å². The zero-order valence-corrected chi connectivity index (χ0v) is 17.0. The Kier molecular flexibility index (Phi) is 5.72. The second-order valence-corrected chi connectivity index (χ2v) is 7.32. The highest BCUT2D eigenvalue weighted by atomic mass is 79.9. The highest BCUT2D eigenvalue weighted by Gasteiger charge is 2.04. The van der Waals surface area contributed by atoms with Crippen molar-refractivity contribution in [2.75, 3.05) is 6.61 Å². The largest absolute Gasteiger partial charge is 0.484 e. The van der Waals surface area contributed by atoms with Gasteiger partial charge < -0.3 is 9.72 Å². The zero-order valence-electron chi connectivity index (χ0n) is 15.4. The van der Waals surface area contributed by atoms with Crippen LogP contribution >= 0.6 is 15.9 Å². The summed E-state index contributed by atoms with van der Waals surface area (Å²) < 4.78 is 6.52. The number of nitrogens with one attached hydrogen (secondary N) is 2. The Balaban J connectivity index is 1.31. The van der Waals surface area contributed by atoms with Gasteiger partial charge >= 0.3 is 0 Å². The molecule has 1 heterocycles. The van der Waals surface area contributed by atoms with Gasteiger partial charge in [-0.2, -0.15) is 5.10 Å². The Bertz CT molecular complexity index is 1150. The maximum Gasteiger partial charge on any atom is 0.277 e. The van der Waals surface area contributed by atoms with Gasteiger partial charge in [0.15, 0.2) is 6.61 Å². The summed E-state index contributed by atoms with van der Waals surface area (Å²) in [7, 11) is 0. The summed E-state index contributed by atoms with van der Waals surface area (Å²) >= 11 is 3.46. The molecule has 1 aromatic heterocycles. The van der Waals surface area contributed by atoms with E-state index in [9.17, 15) is 4.79 Å². The first-order valence-corrected chi connectivity index (χ1v) is 9.85. The van der Waals surface area contributed by atoms with E-state index in [1.54, 1.807) is 6.21 Å². The molecule has 1 amide bonds. The Hall–Kier alpha value is -3.38. The Morgan fingerprint density at radius 1 is 1.03 bits per heavy atom. The summed E-state index contributed by atoms with van der Waals surface area (Å²) in [5.74, 6) is 0.305. The minimum Gasteiger partial charge on any atom is -0.484 e. The van der Waals surface area contributed by atoms with Crippen LogP contribution in [0.15, 0.2) is 88.6 Å². The smallest absolute Gasteiger partial charge is 0.277 e. The lowest BCUT2D eigenvalue weighted by molar-refractivity contribution is -0.123. The summed E-state index contributed by atoms with van der Waals surface area (Å²) in [4.78, 5) is 15.2. The number of H-pyrrole nitrogens is 1. The number of carbonyl (C=O) groups excluding carboxylic acids is 1. The number of hydrogen-bond acceptors (Lipinski definition) is 3. The highest BCUT2D eigenvalue weighted by Crippen LogP contribution is 2.22. The molecule has 0 fully saturated rings. The van der Waals surface area contributed by atoms with Crippen LogP contribution in [0.25, 0.3) is 22.0 Å². The van der Waals surface area contributed by atoms with Crippen LogP contribution in [-0.2, 0) is 4.79 Å². The Morgan fingerprint density at radius 2 is 1.79 bits per heavy atom. The minimum absolute atomic E-state index is 0.110. The number of halogens is 1. The maximum atomic E-state index is 12.0. The van der Waals surface area contributed by atoms with Crippen LogP contribution in [0.5, 0.6) is 5.75 Å². The van der Waals surface area contributed by atoms with Gasteiger partial charge in [0, 0.05) is 27.1 Å². The number of ether oxygens (including phenoxy) is 1. The van der Waals surface area contributed by atoms with Crippen molar-refractivity contribution in [2.45, 2.75) is 0 Å². The molecule has 0 saturated carbocycles. The molecule has 4 aromatic rings. The molecule has 5 nitrogen and oxygen atoms in total. The lowest BCUT2D eigenvalue weighted by Gasteiger charge is -2.06. The van der Waals surface area contributed by atoms with Crippen molar-refractivity contribution in [3.05, 3.63) is 89.0 Å². The number of amides is 1. The second kappa shape index (κ2) is 8.75. The zero-order chi connectivity index (χ0) is 20.1. The summed E-state index contributed by atoms with van der Waals surface area (Å²) in [6, 6.07) is 23.7. The normalized spacial score (nSPS) is 11.1. The van der Waals surface area contributed by atoms with Gasteiger partial charge in [0.2, 0.25) is 0 Å². The van der Waals surface area contributed by atoms with Gasteiger partial charge in [0.1, 0.15) is 5.75 Å². The highest BCUT2D eigenvalue weighted by molar-refractivity contribution is 9.10. The lowest BCUT2D eigenvalue weighted by Crippen LogP contribution is -2.24. The van der Waals surface area contributed by atoms with Crippen LogP contribution in [0.3, 0.4) is 0 Å². The van der Waals surface area contributed by atoms with Gasteiger partial charge in [-0.15, -0.1) is 0 Å². The van der Waals surface area contributed by atoms with Crippen molar-refractivity contribution < 1.29 is 9.53 Å². The topological polar surface area (TPSA) is 66.5 Å². The monoisotopic (exact) mass is 447 g/mol. The third-order valence-corrected chi connectivity index (χ3v) is 4.89. The number of hydrazone groups is 1. The van der Waals surface area contributed by atoms with Crippen molar-refractivity contribution in [3.8, 4) is 16.9 Å². The van der Waals surface area contributed by atoms with E-state index in [0.717, 1.165) is 32.1 Å². The number of aromatic nitrogens is 1. The maximum absolute atomic E-state index is 12.0. The van der Waals surface area contributed by atoms with Crippen molar-refractivity contribution >= 4 is 39.0 Å². The van der Waals surface area contributed by atoms with Gasteiger partial charge in [-0.05, 0) is 41.5 Å². The lowest BCUT2D eigenvalue weighted by atomic mass is 10.1. The molecular weight excluding hydrogens is 430 g/mol. The number of benzene rings is 3. The van der Waals surface area contributed by atoms with Crippen LogP contribution in [0, 0.1) is 0 Å². The summed E-state index contributed by atoms with van der Waals surface area (Å²) in [6.07, 6.45) is 3.45. The van der Waals surface area contributed by atoms with Crippen molar-refractivity contribution in [3.63, 3.8) is 0 Å². The molecule has 0 atom stereocenters. The number of nitrogens with zero attached hydrogens (tertiary/aromatic N) is 1. The van der Waals surface area contributed by atoms with E-state index < -0.39 is 0 Å². The molecular formula is C23H18BrN3O2. The van der Waals surface area contributed by atoms with E-state index in [1.807, 2.05) is 79.0 Å². The van der Waals surface area contributed by atoms with E-state index in [1.165, 1.54) is 0 Å². The molecule has 6 heteroatoms. The predicted octanol–water partition coefficient (Wildman–Crippen LogP) is 5.13. The molecule has 0 aliphatic rings. The summed E-state index contributed by atoms with van der Waals surface area (Å²) in [5.41, 5.74) is 6.61.